The Hall–Kier alpha value is -3.02. The largest absolute Gasteiger partial charge is 0.483 e. The van der Waals surface area contributed by atoms with Crippen molar-refractivity contribution in [2.75, 3.05) is 13.7 Å². The van der Waals surface area contributed by atoms with Crippen molar-refractivity contribution in [3.63, 3.8) is 0 Å². The highest BCUT2D eigenvalue weighted by Crippen LogP contribution is 2.25. The van der Waals surface area contributed by atoms with Crippen molar-refractivity contribution >= 4 is 35.0 Å². The highest BCUT2D eigenvalue weighted by molar-refractivity contribution is 6.42. The summed E-state index contributed by atoms with van der Waals surface area (Å²) in [5.74, 6) is 0.0624. The molecule has 0 aromatic heterocycles. The smallest absolute Gasteiger partial charge is 0.261 e. The number of hydrogen-bond donors (Lipinski definition) is 1. The fraction of sp³-hybridized carbons (Fsp3) is 0.259. The van der Waals surface area contributed by atoms with Crippen LogP contribution < -0.4 is 10.1 Å². The van der Waals surface area contributed by atoms with E-state index >= 15 is 0 Å². The molecule has 5 nitrogen and oxygen atoms in total. The van der Waals surface area contributed by atoms with Gasteiger partial charge in [0.25, 0.3) is 5.91 Å². The lowest BCUT2D eigenvalue weighted by Gasteiger charge is -2.31. The van der Waals surface area contributed by atoms with Gasteiger partial charge in [0.15, 0.2) is 6.61 Å². The van der Waals surface area contributed by atoms with Crippen molar-refractivity contribution in [2.24, 2.45) is 0 Å². The van der Waals surface area contributed by atoms with Crippen LogP contribution in [0.25, 0.3) is 0 Å². The topological polar surface area (TPSA) is 58.6 Å². The summed E-state index contributed by atoms with van der Waals surface area (Å²) in [6.45, 7) is 3.91. The number of nitrogens with one attached hydrogen (secondary N) is 1. The molecule has 7 heteroatoms. The van der Waals surface area contributed by atoms with Gasteiger partial charge in [-0.1, -0.05) is 77.3 Å². The van der Waals surface area contributed by atoms with Gasteiger partial charge in [-0.05, 0) is 48.7 Å². The van der Waals surface area contributed by atoms with Gasteiger partial charge in [-0.3, -0.25) is 9.59 Å². The summed E-state index contributed by atoms with van der Waals surface area (Å²) in [6, 6.07) is 19.8. The second kappa shape index (κ2) is 11.9. The van der Waals surface area contributed by atoms with Gasteiger partial charge in [0, 0.05) is 20.0 Å². The Balaban J connectivity index is 1.90. The Kier molecular flexibility index (Phi) is 8.97. The van der Waals surface area contributed by atoms with Crippen LogP contribution in [-0.2, 0) is 22.6 Å². The average molecular weight is 499 g/mol. The first-order valence-corrected chi connectivity index (χ1v) is 11.7. The molecule has 0 aliphatic rings. The number of nitrogens with zero attached hydrogens (tertiary/aromatic N) is 1. The normalized spacial score (nSPS) is 11.6. The maximum atomic E-state index is 13.5. The lowest BCUT2D eigenvalue weighted by atomic mass is 10.0. The Morgan fingerprint density at radius 3 is 2.32 bits per heavy atom. The minimum atomic E-state index is -0.739. The van der Waals surface area contributed by atoms with E-state index in [-0.39, 0.29) is 25.0 Å². The van der Waals surface area contributed by atoms with Crippen LogP contribution in [0.15, 0.2) is 66.7 Å². The SMILES string of the molecule is CNC(=O)[C@@H](Cc1ccccc1)N(Cc1ccc(Cl)c(Cl)c1)C(=O)COc1ccc(C)cc1C. The molecule has 178 valence electrons. The summed E-state index contributed by atoms with van der Waals surface area (Å²) in [5, 5.41) is 3.51. The zero-order valence-electron chi connectivity index (χ0n) is 19.5. The van der Waals surface area contributed by atoms with Crippen LogP contribution in [0.3, 0.4) is 0 Å². The molecule has 0 unspecified atom stereocenters. The molecule has 0 saturated heterocycles. The Morgan fingerprint density at radius 2 is 1.68 bits per heavy atom. The van der Waals surface area contributed by atoms with Crippen molar-refractivity contribution < 1.29 is 14.3 Å². The summed E-state index contributed by atoms with van der Waals surface area (Å²) in [6.07, 6.45) is 0.358. The van der Waals surface area contributed by atoms with Crippen molar-refractivity contribution in [3.05, 3.63) is 99.0 Å². The molecular formula is C27H28Cl2N2O3. The van der Waals surface area contributed by atoms with Gasteiger partial charge in [-0.2, -0.15) is 0 Å². The molecule has 3 aromatic rings. The highest BCUT2D eigenvalue weighted by Gasteiger charge is 2.30. The molecule has 0 bridgehead atoms. The van der Waals surface area contributed by atoms with E-state index in [1.165, 1.54) is 4.90 Å². The van der Waals surface area contributed by atoms with Crippen molar-refractivity contribution in [1.29, 1.82) is 0 Å². The van der Waals surface area contributed by atoms with E-state index in [2.05, 4.69) is 5.32 Å². The average Bonchev–Trinajstić information content (AvgIpc) is 2.83. The molecule has 2 amide bonds. The van der Waals surface area contributed by atoms with Gasteiger partial charge < -0.3 is 15.0 Å². The summed E-state index contributed by atoms with van der Waals surface area (Å²) >= 11 is 12.3. The molecular weight excluding hydrogens is 471 g/mol. The third-order valence-electron chi connectivity index (χ3n) is 5.54. The van der Waals surface area contributed by atoms with E-state index in [0.29, 0.717) is 22.2 Å². The number of halogens is 2. The Labute approximate surface area is 210 Å². The van der Waals surface area contributed by atoms with E-state index in [1.54, 1.807) is 25.2 Å². The molecule has 3 aromatic carbocycles. The molecule has 0 radical (unpaired) electrons. The number of hydrogen-bond acceptors (Lipinski definition) is 3. The highest BCUT2D eigenvalue weighted by atomic mass is 35.5. The monoisotopic (exact) mass is 498 g/mol. The Bertz CT molecular complexity index is 1150. The fourth-order valence-electron chi connectivity index (χ4n) is 3.74. The van der Waals surface area contributed by atoms with Gasteiger partial charge >= 0.3 is 0 Å². The minimum Gasteiger partial charge on any atom is -0.483 e. The summed E-state index contributed by atoms with van der Waals surface area (Å²) in [4.78, 5) is 27.9. The second-order valence-electron chi connectivity index (χ2n) is 8.15. The number of carbonyl (C=O) groups is 2. The number of rotatable bonds is 9. The molecule has 0 aliphatic carbocycles. The van der Waals surface area contributed by atoms with Crippen LogP contribution in [-0.4, -0.2) is 36.4 Å². The van der Waals surface area contributed by atoms with Crippen LogP contribution in [0.2, 0.25) is 10.0 Å². The minimum absolute atomic E-state index is 0.177. The van der Waals surface area contributed by atoms with Crippen LogP contribution >= 0.6 is 23.2 Å². The van der Waals surface area contributed by atoms with Gasteiger partial charge in [-0.15, -0.1) is 0 Å². The third-order valence-corrected chi connectivity index (χ3v) is 6.28. The van der Waals surface area contributed by atoms with Crippen molar-refractivity contribution in [1.82, 2.24) is 10.2 Å². The molecule has 3 rings (SSSR count). The van der Waals surface area contributed by atoms with Gasteiger partial charge in [0.2, 0.25) is 5.91 Å². The maximum Gasteiger partial charge on any atom is 0.261 e. The molecule has 0 saturated carbocycles. The van der Waals surface area contributed by atoms with Crippen molar-refractivity contribution in [2.45, 2.75) is 32.9 Å². The first-order chi connectivity index (χ1) is 16.3. The van der Waals surface area contributed by atoms with Crippen molar-refractivity contribution in [3.8, 4) is 5.75 Å². The third kappa shape index (κ3) is 6.75. The quantitative estimate of drug-likeness (QED) is 0.431. The lowest BCUT2D eigenvalue weighted by Crippen LogP contribution is -2.51. The second-order valence-corrected chi connectivity index (χ2v) is 8.96. The van der Waals surface area contributed by atoms with Crippen LogP contribution in [0.1, 0.15) is 22.3 Å². The van der Waals surface area contributed by atoms with Gasteiger partial charge in [-0.25, -0.2) is 0 Å². The zero-order valence-corrected chi connectivity index (χ0v) is 21.0. The number of aryl methyl sites for hydroxylation is 2. The molecule has 0 aliphatic heterocycles. The van der Waals surface area contributed by atoms with Crippen LogP contribution in [0.4, 0.5) is 0 Å². The molecule has 1 atom stereocenters. The van der Waals surface area contributed by atoms with Gasteiger partial charge in [0.05, 0.1) is 10.0 Å². The van der Waals surface area contributed by atoms with Crippen LogP contribution in [0, 0.1) is 13.8 Å². The first-order valence-electron chi connectivity index (χ1n) is 11.0. The number of ether oxygens (including phenoxy) is 1. The molecule has 34 heavy (non-hydrogen) atoms. The predicted molar refractivity (Wildman–Crippen MR) is 136 cm³/mol. The zero-order chi connectivity index (χ0) is 24.7. The number of benzene rings is 3. The first kappa shape index (κ1) is 25.6. The molecule has 0 heterocycles. The molecule has 1 N–H and O–H groups in total. The summed E-state index contributed by atoms with van der Waals surface area (Å²) < 4.78 is 5.86. The summed E-state index contributed by atoms with van der Waals surface area (Å²) in [7, 11) is 1.56. The van der Waals surface area contributed by atoms with E-state index in [4.69, 9.17) is 27.9 Å². The standard InChI is InChI=1S/C27H28Cl2N2O3/c1-18-9-12-25(19(2)13-18)34-17-26(32)31(16-21-10-11-22(28)23(29)14-21)24(27(33)30-3)15-20-7-5-4-6-8-20/h4-14,24H,15-17H2,1-3H3,(H,30,33)/t24-/m1/s1. The fourth-order valence-corrected chi connectivity index (χ4v) is 4.06. The Morgan fingerprint density at radius 1 is 0.941 bits per heavy atom. The molecule has 0 spiro atoms. The maximum absolute atomic E-state index is 13.5. The van der Waals surface area contributed by atoms with E-state index in [9.17, 15) is 9.59 Å². The van der Waals surface area contributed by atoms with Gasteiger partial charge in [0.1, 0.15) is 11.8 Å². The number of likely N-dealkylation sites (N-methyl/N-ethyl adjacent to an activating group) is 1. The number of carbonyl (C=O) groups excluding carboxylic acids is 2. The molecule has 0 fully saturated rings. The van der Waals surface area contributed by atoms with E-state index < -0.39 is 6.04 Å². The van der Waals surface area contributed by atoms with E-state index in [0.717, 1.165) is 22.3 Å². The number of amides is 2. The summed E-state index contributed by atoms with van der Waals surface area (Å²) in [5.41, 5.74) is 3.76. The lowest BCUT2D eigenvalue weighted by molar-refractivity contribution is -0.142. The predicted octanol–water partition coefficient (Wildman–Crippen LogP) is 5.38. The van der Waals surface area contributed by atoms with E-state index in [1.807, 2.05) is 62.4 Å². The van der Waals surface area contributed by atoms with Crippen LogP contribution in [0.5, 0.6) is 5.75 Å².